The zero-order valence-electron chi connectivity index (χ0n) is 7.76. The summed E-state index contributed by atoms with van der Waals surface area (Å²) < 4.78 is 0. The first-order valence-corrected chi connectivity index (χ1v) is 4.64. The van der Waals surface area contributed by atoms with Crippen LogP contribution in [0.3, 0.4) is 0 Å². The highest BCUT2D eigenvalue weighted by molar-refractivity contribution is 5.81. The van der Waals surface area contributed by atoms with Crippen molar-refractivity contribution >= 4 is 5.78 Å². The normalized spacial score (nSPS) is 32.9. The van der Waals surface area contributed by atoms with Crippen molar-refractivity contribution in [2.24, 2.45) is 17.8 Å². The van der Waals surface area contributed by atoms with Gasteiger partial charge in [0, 0.05) is 12.3 Å². The molecule has 0 heterocycles. The molecule has 1 heteroatoms. The molecule has 0 radical (unpaired) electrons. The fourth-order valence-corrected chi connectivity index (χ4v) is 1.76. The molecule has 1 saturated carbocycles. The van der Waals surface area contributed by atoms with E-state index in [1.54, 1.807) is 0 Å². The molecule has 0 spiro atoms. The molecule has 1 aliphatic carbocycles. The summed E-state index contributed by atoms with van der Waals surface area (Å²) in [6.07, 6.45) is 3.20. The highest BCUT2D eigenvalue weighted by Gasteiger charge is 2.26. The van der Waals surface area contributed by atoms with Crippen LogP contribution in [0.2, 0.25) is 0 Å². The third-order valence-electron chi connectivity index (χ3n) is 2.93. The lowest BCUT2D eigenvalue weighted by molar-refractivity contribution is -0.125. The van der Waals surface area contributed by atoms with Gasteiger partial charge in [-0.15, -0.1) is 0 Å². The quantitative estimate of drug-likeness (QED) is 0.567. The molecule has 0 N–H and O–H groups in total. The van der Waals surface area contributed by atoms with Crippen molar-refractivity contribution in [2.75, 3.05) is 0 Å². The van der Waals surface area contributed by atoms with Gasteiger partial charge in [-0.3, -0.25) is 4.79 Å². The minimum atomic E-state index is 0.338. The summed E-state index contributed by atoms with van der Waals surface area (Å²) >= 11 is 0. The van der Waals surface area contributed by atoms with E-state index in [4.69, 9.17) is 0 Å². The van der Waals surface area contributed by atoms with Crippen LogP contribution in [0.5, 0.6) is 0 Å². The van der Waals surface area contributed by atoms with Gasteiger partial charge in [-0.2, -0.15) is 0 Å². The number of Topliss-reactive ketones (excluding diaryl/α,β-unsaturated/α-hetero) is 1. The molecule has 0 amide bonds. The second kappa shape index (κ2) is 3.38. The summed E-state index contributed by atoms with van der Waals surface area (Å²) in [6.45, 7) is 6.49. The summed E-state index contributed by atoms with van der Waals surface area (Å²) in [7, 11) is 0. The SMILES string of the molecule is CC1CCC(C(C)C)CC1=O. The molecule has 0 saturated heterocycles. The van der Waals surface area contributed by atoms with E-state index in [1.807, 2.05) is 0 Å². The van der Waals surface area contributed by atoms with Crippen LogP contribution in [0, 0.1) is 17.8 Å². The Morgan fingerprint density at radius 3 is 2.45 bits per heavy atom. The summed E-state index contributed by atoms with van der Waals surface area (Å²) in [6, 6.07) is 0. The summed E-state index contributed by atoms with van der Waals surface area (Å²) in [5.41, 5.74) is 0. The Kier molecular flexibility index (Phi) is 2.69. The Morgan fingerprint density at radius 2 is 2.00 bits per heavy atom. The first kappa shape index (κ1) is 8.76. The Balaban J connectivity index is 2.46. The van der Waals surface area contributed by atoms with Gasteiger partial charge in [0.15, 0.2) is 0 Å². The molecule has 1 fully saturated rings. The standard InChI is InChI=1S/C10H18O/c1-7(2)9-5-4-8(3)10(11)6-9/h7-9H,4-6H2,1-3H3. The predicted octanol–water partition coefficient (Wildman–Crippen LogP) is 2.65. The van der Waals surface area contributed by atoms with Crippen LogP contribution in [0.15, 0.2) is 0 Å². The summed E-state index contributed by atoms with van der Waals surface area (Å²) in [5, 5.41) is 0. The number of carbonyl (C=O) groups is 1. The highest BCUT2D eigenvalue weighted by Crippen LogP contribution is 2.30. The van der Waals surface area contributed by atoms with Crippen molar-refractivity contribution < 1.29 is 4.79 Å². The molecule has 11 heavy (non-hydrogen) atoms. The molecular weight excluding hydrogens is 136 g/mol. The number of hydrogen-bond donors (Lipinski definition) is 0. The molecule has 2 atom stereocenters. The van der Waals surface area contributed by atoms with E-state index >= 15 is 0 Å². The number of rotatable bonds is 1. The largest absolute Gasteiger partial charge is 0.299 e. The smallest absolute Gasteiger partial charge is 0.135 e. The molecule has 1 rings (SSSR count). The van der Waals surface area contributed by atoms with Crippen LogP contribution in [-0.4, -0.2) is 5.78 Å². The topological polar surface area (TPSA) is 17.1 Å². The van der Waals surface area contributed by atoms with E-state index in [1.165, 1.54) is 6.42 Å². The molecule has 1 nitrogen and oxygen atoms in total. The van der Waals surface area contributed by atoms with Crippen molar-refractivity contribution in [2.45, 2.75) is 40.0 Å². The summed E-state index contributed by atoms with van der Waals surface area (Å²) in [5.74, 6) is 2.17. The Labute approximate surface area is 69.2 Å². The van der Waals surface area contributed by atoms with Gasteiger partial charge in [0.05, 0.1) is 0 Å². The van der Waals surface area contributed by atoms with Crippen LogP contribution in [0.1, 0.15) is 40.0 Å². The van der Waals surface area contributed by atoms with Crippen molar-refractivity contribution in [1.82, 2.24) is 0 Å². The van der Waals surface area contributed by atoms with Crippen LogP contribution in [0.25, 0.3) is 0 Å². The van der Waals surface area contributed by atoms with Gasteiger partial charge in [-0.25, -0.2) is 0 Å². The van der Waals surface area contributed by atoms with E-state index in [-0.39, 0.29) is 0 Å². The highest BCUT2D eigenvalue weighted by atomic mass is 16.1. The van der Waals surface area contributed by atoms with E-state index in [0.29, 0.717) is 23.5 Å². The van der Waals surface area contributed by atoms with Gasteiger partial charge in [0.1, 0.15) is 5.78 Å². The van der Waals surface area contributed by atoms with Gasteiger partial charge in [0.2, 0.25) is 0 Å². The molecule has 64 valence electrons. The van der Waals surface area contributed by atoms with E-state index in [2.05, 4.69) is 20.8 Å². The molecule has 0 aromatic carbocycles. The van der Waals surface area contributed by atoms with Crippen molar-refractivity contribution in [3.63, 3.8) is 0 Å². The monoisotopic (exact) mass is 154 g/mol. The van der Waals surface area contributed by atoms with Gasteiger partial charge in [-0.1, -0.05) is 20.8 Å². The maximum absolute atomic E-state index is 11.3. The second-order valence-electron chi connectivity index (χ2n) is 4.15. The lowest BCUT2D eigenvalue weighted by Gasteiger charge is -2.27. The first-order chi connectivity index (χ1) is 5.11. The van der Waals surface area contributed by atoms with Crippen LogP contribution in [0.4, 0.5) is 0 Å². The van der Waals surface area contributed by atoms with Gasteiger partial charge in [0.25, 0.3) is 0 Å². The molecular formula is C10H18O. The van der Waals surface area contributed by atoms with E-state index < -0.39 is 0 Å². The predicted molar refractivity (Wildman–Crippen MR) is 46.4 cm³/mol. The Hall–Kier alpha value is -0.330. The average Bonchev–Trinajstić information content (AvgIpc) is 1.94. The van der Waals surface area contributed by atoms with Crippen LogP contribution in [-0.2, 0) is 4.79 Å². The molecule has 0 aliphatic heterocycles. The molecule has 0 aromatic rings. The Morgan fingerprint density at radius 1 is 1.36 bits per heavy atom. The number of hydrogen-bond acceptors (Lipinski definition) is 1. The van der Waals surface area contributed by atoms with Crippen molar-refractivity contribution in [3.8, 4) is 0 Å². The minimum absolute atomic E-state index is 0.338. The van der Waals surface area contributed by atoms with Gasteiger partial charge < -0.3 is 0 Å². The zero-order chi connectivity index (χ0) is 8.43. The van der Waals surface area contributed by atoms with E-state index in [9.17, 15) is 4.79 Å². The van der Waals surface area contributed by atoms with Crippen molar-refractivity contribution in [1.29, 1.82) is 0 Å². The molecule has 0 bridgehead atoms. The maximum atomic E-state index is 11.3. The molecule has 1 aliphatic rings. The fraction of sp³-hybridized carbons (Fsp3) is 0.900. The number of ketones is 1. The number of carbonyl (C=O) groups excluding carboxylic acids is 1. The van der Waals surface area contributed by atoms with Crippen LogP contribution >= 0.6 is 0 Å². The third kappa shape index (κ3) is 2.05. The minimum Gasteiger partial charge on any atom is -0.299 e. The third-order valence-corrected chi connectivity index (χ3v) is 2.93. The molecule has 0 aromatic heterocycles. The van der Waals surface area contributed by atoms with Gasteiger partial charge in [-0.05, 0) is 24.7 Å². The lowest BCUT2D eigenvalue weighted by Crippen LogP contribution is -2.25. The fourth-order valence-electron chi connectivity index (χ4n) is 1.76. The Bertz CT molecular complexity index is 149. The zero-order valence-corrected chi connectivity index (χ0v) is 7.76. The lowest BCUT2D eigenvalue weighted by atomic mass is 9.77. The second-order valence-corrected chi connectivity index (χ2v) is 4.15. The van der Waals surface area contributed by atoms with E-state index in [0.717, 1.165) is 12.8 Å². The summed E-state index contributed by atoms with van der Waals surface area (Å²) in [4.78, 5) is 11.3. The molecule has 2 unspecified atom stereocenters. The first-order valence-electron chi connectivity index (χ1n) is 4.64. The maximum Gasteiger partial charge on any atom is 0.135 e. The van der Waals surface area contributed by atoms with Crippen LogP contribution < -0.4 is 0 Å². The van der Waals surface area contributed by atoms with Crippen molar-refractivity contribution in [3.05, 3.63) is 0 Å². The average molecular weight is 154 g/mol. The van der Waals surface area contributed by atoms with Gasteiger partial charge >= 0.3 is 0 Å².